The lowest BCUT2D eigenvalue weighted by Crippen LogP contribution is -2.12. The van der Waals surface area contributed by atoms with E-state index in [4.69, 9.17) is 9.47 Å². The molecule has 2 aliphatic rings. The molecule has 1 aromatic carbocycles. The van der Waals surface area contributed by atoms with Crippen molar-refractivity contribution in [2.24, 2.45) is 0 Å². The molecule has 0 aromatic heterocycles. The predicted octanol–water partition coefficient (Wildman–Crippen LogP) is 0.966. The fourth-order valence-electron chi connectivity index (χ4n) is 2.29. The molecule has 2 unspecified atom stereocenters. The minimum atomic E-state index is -1.11. The van der Waals surface area contributed by atoms with Crippen molar-refractivity contribution < 1.29 is 29.3 Å². The predicted molar refractivity (Wildman–Crippen MR) is 67.2 cm³/mol. The van der Waals surface area contributed by atoms with Crippen LogP contribution in [0.25, 0.3) is 0 Å². The molecule has 2 saturated heterocycles. The van der Waals surface area contributed by atoms with Gasteiger partial charge in [-0.3, -0.25) is 0 Å². The van der Waals surface area contributed by atoms with Gasteiger partial charge in [0.2, 0.25) is 0 Å². The molecule has 0 aliphatic carbocycles. The van der Waals surface area contributed by atoms with Crippen molar-refractivity contribution in [3.8, 4) is 0 Å². The standard InChI is InChI=1S/C14H14O6/c15-13(16)11-4-12(14(17)18)8(3-10-6-20-10)1-7(11)2-9-5-19-9/h1,4,9-10H,2-3,5-6H2,(H,15,16)(H,17,18). The Kier molecular flexibility index (Phi) is 3.19. The Morgan fingerprint density at radius 2 is 1.35 bits per heavy atom. The van der Waals surface area contributed by atoms with Crippen molar-refractivity contribution in [2.75, 3.05) is 13.2 Å². The smallest absolute Gasteiger partial charge is 0.335 e. The lowest BCUT2D eigenvalue weighted by atomic mass is 9.93. The van der Waals surface area contributed by atoms with Crippen molar-refractivity contribution in [3.63, 3.8) is 0 Å². The molecule has 6 nitrogen and oxygen atoms in total. The van der Waals surface area contributed by atoms with E-state index in [1.54, 1.807) is 6.07 Å². The molecule has 0 spiro atoms. The fraction of sp³-hybridized carbons (Fsp3) is 0.429. The number of benzene rings is 1. The Morgan fingerprint density at radius 3 is 1.65 bits per heavy atom. The maximum Gasteiger partial charge on any atom is 0.335 e. The van der Waals surface area contributed by atoms with Crippen molar-refractivity contribution in [1.29, 1.82) is 0 Å². The van der Waals surface area contributed by atoms with Crippen LogP contribution in [-0.4, -0.2) is 47.6 Å². The number of carbonyl (C=O) groups is 2. The van der Waals surface area contributed by atoms with Gasteiger partial charge in [-0.05, 0) is 17.2 Å². The summed E-state index contributed by atoms with van der Waals surface area (Å²) in [5.41, 5.74) is 1.33. The highest BCUT2D eigenvalue weighted by atomic mass is 16.6. The SMILES string of the molecule is O=C(O)c1cc(C(=O)O)c(CC2CO2)cc1CC1CO1. The normalized spacial score (nSPS) is 23.4. The van der Waals surface area contributed by atoms with Crippen molar-refractivity contribution in [1.82, 2.24) is 0 Å². The first kappa shape index (κ1) is 13.1. The van der Waals surface area contributed by atoms with E-state index in [1.165, 1.54) is 6.07 Å². The highest BCUT2D eigenvalue weighted by Gasteiger charge is 2.29. The van der Waals surface area contributed by atoms with Gasteiger partial charge in [0.05, 0.1) is 36.5 Å². The third kappa shape index (κ3) is 2.81. The van der Waals surface area contributed by atoms with E-state index in [2.05, 4.69) is 0 Å². The summed E-state index contributed by atoms with van der Waals surface area (Å²) in [6, 6.07) is 2.93. The van der Waals surface area contributed by atoms with Gasteiger partial charge in [-0.15, -0.1) is 0 Å². The fourth-order valence-corrected chi connectivity index (χ4v) is 2.29. The molecule has 2 N–H and O–H groups in total. The second-order valence-corrected chi connectivity index (χ2v) is 5.10. The maximum absolute atomic E-state index is 11.3. The van der Waals surface area contributed by atoms with Crippen LogP contribution in [0.1, 0.15) is 31.8 Å². The van der Waals surface area contributed by atoms with Crippen LogP contribution in [0.5, 0.6) is 0 Å². The van der Waals surface area contributed by atoms with Crippen LogP contribution in [0.2, 0.25) is 0 Å². The number of rotatable bonds is 6. The summed E-state index contributed by atoms with van der Waals surface area (Å²) in [7, 11) is 0. The van der Waals surface area contributed by atoms with Gasteiger partial charge in [0.25, 0.3) is 0 Å². The molecule has 3 rings (SSSR count). The van der Waals surface area contributed by atoms with Gasteiger partial charge in [0.1, 0.15) is 0 Å². The highest BCUT2D eigenvalue weighted by Crippen LogP contribution is 2.26. The van der Waals surface area contributed by atoms with Crippen molar-refractivity contribution in [3.05, 3.63) is 34.4 Å². The van der Waals surface area contributed by atoms with Gasteiger partial charge < -0.3 is 19.7 Å². The molecular formula is C14H14O6. The Balaban J connectivity index is 2.01. The van der Waals surface area contributed by atoms with Crippen LogP contribution in [0, 0.1) is 0 Å². The summed E-state index contributed by atoms with van der Waals surface area (Å²) >= 11 is 0. The van der Waals surface area contributed by atoms with E-state index in [0.717, 1.165) is 0 Å². The monoisotopic (exact) mass is 278 g/mol. The van der Waals surface area contributed by atoms with E-state index in [9.17, 15) is 19.8 Å². The molecular weight excluding hydrogens is 264 g/mol. The number of carboxylic acids is 2. The van der Waals surface area contributed by atoms with Gasteiger partial charge in [0, 0.05) is 12.8 Å². The third-order valence-electron chi connectivity index (χ3n) is 3.49. The summed E-state index contributed by atoms with van der Waals surface area (Å²) in [4.78, 5) is 22.6. The highest BCUT2D eigenvalue weighted by molar-refractivity contribution is 5.96. The average Bonchev–Trinajstić information content (AvgIpc) is 3.24. The molecule has 2 atom stereocenters. The summed E-state index contributed by atoms with van der Waals surface area (Å²) in [6.45, 7) is 1.25. The molecule has 0 saturated carbocycles. The number of hydrogen-bond acceptors (Lipinski definition) is 4. The van der Waals surface area contributed by atoms with E-state index in [1.807, 2.05) is 0 Å². The molecule has 1 aromatic rings. The van der Waals surface area contributed by atoms with Crippen LogP contribution in [0.4, 0.5) is 0 Å². The van der Waals surface area contributed by atoms with E-state index in [-0.39, 0.29) is 23.3 Å². The molecule has 2 heterocycles. The van der Waals surface area contributed by atoms with Crippen LogP contribution >= 0.6 is 0 Å². The molecule has 0 amide bonds. The molecule has 20 heavy (non-hydrogen) atoms. The van der Waals surface area contributed by atoms with Crippen LogP contribution in [0.15, 0.2) is 12.1 Å². The largest absolute Gasteiger partial charge is 0.478 e. The van der Waals surface area contributed by atoms with Crippen LogP contribution in [0.3, 0.4) is 0 Å². The number of aromatic carboxylic acids is 2. The maximum atomic E-state index is 11.3. The molecule has 0 radical (unpaired) electrons. The summed E-state index contributed by atoms with van der Waals surface area (Å²) in [6.07, 6.45) is 1.10. The Hall–Kier alpha value is -1.92. The van der Waals surface area contributed by atoms with Gasteiger partial charge in [0.15, 0.2) is 0 Å². The molecule has 6 heteroatoms. The van der Waals surface area contributed by atoms with Gasteiger partial charge >= 0.3 is 11.9 Å². The number of hydrogen-bond donors (Lipinski definition) is 2. The zero-order valence-electron chi connectivity index (χ0n) is 10.7. The minimum absolute atomic E-state index is 0.0402. The summed E-state index contributed by atoms with van der Waals surface area (Å²) in [5, 5.41) is 18.5. The lowest BCUT2D eigenvalue weighted by molar-refractivity contribution is 0.0694. The zero-order chi connectivity index (χ0) is 14.3. The first-order chi connectivity index (χ1) is 9.54. The second kappa shape index (κ2) is 4.88. The molecule has 2 fully saturated rings. The quantitative estimate of drug-likeness (QED) is 0.752. The van der Waals surface area contributed by atoms with Gasteiger partial charge in [-0.25, -0.2) is 9.59 Å². The molecule has 0 bridgehead atoms. The minimum Gasteiger partial charge on any atom is -0.478 e. The summed E-state index contributed by atoms with van der Waals surface area (Å²) < 4.78 is 10.2. The Bertz CT molecular complexity index is 524. The lowest BCUT2D eigenvalue weighted by Gasteiger charge is -2.11. The molecule has 2 aliphatic heterocycles. The first-order valence-electron chi connectivity index (χ1n) is 6.40. The first-order valence-corrected chi connectivity index (χ1v) is 6.40. The average molecular weight is 278 g/mol. The Labute approximate surface area is 114 Å². The molecule has 106 valence electrons. The van der Waals surface area contributed by atoms with Crippen molar-refractivity contribution >= 4 is 11.9 Å². The number of epoxide rings is 2. The number of ether oxygens (including phenoxy) is 2. The third-order valence-corrected chi connectivity index (χ3v) is 3.49. The van der Waals surface area contributed by atoms with Gasteiger partial charge in [-0.1, -0.05) is 6.07 Å². The summed E-state index contributed by atoms with van der Waals surface area (Å²) in [5.74, 6) is -2.23. The van der Waals surface area contributed by atoms with Crippen molar-refractivity contribution in [2.45, 2.75) is 25.0 Å². The van der Waals surface area contributed by atoms with Crippen LogP contribution in [-0.2, 0) is 22.3 Å². The number of carboxylic acid groups (broad SMARTS) is 2. The van der Waals surface area contributed by atoms with E-state index in [0.29, 0.717) is 37.2 Å². The second-order valence-electron chi connectivity index (χ2n) is 5.10. The topological polar surface area (TPSA) is 99.7 Å². The van der Waals surface area contributed by atoms with E-state index >= 15 is 0 Å². The Morgan fingerprint density at radius 1 is 0.950 bits per heavy atom. The van der Waals surface area contributed by atoms with Gasteiger partial charge in [-0.2, -0.15) is 0 Å². The van der Waals surface area contributed by atoms with Crippen LogP contribution < -0.4 is 0 Å². The van der Waals surface area contributed by atoms with E-state index < -0.39 is 11.9 Å². The zero-order valence-corrected chi connectivity index (χ0v) is 10.7.